The van der Waals surface area contributed by atoms with E-state index < -0.39 is 23.0 Å². The standard InChI is InChI=1S/C6H6ClF3N2.C5H10N4/c1-12-3-4(6(8,9)10)2-11-5(12)7;1-5(7)2-3-8-4(6)9-5/h2-3,5H,1H3;2-3H,7H2,1H3,(H3,6,8,9). The van der Waals surface area contributed by atoms with Gasteiger partial charge in [0.25, 0.3) is 0 Å². The Balaban J connectivity index is 0.000000219. The molecule has 0 aliphatic carbocycles. The summed E-state index contributed by atoms with van der Waals surface area (Å²) in [6, 6.07) is 0. The van der Waals surface area contributed by atoms with Crippen LogP contribution in [0.4, 0.5) is 13.2 Å². The van der Waals surface area contributed by atoms with Crippen LogP contribution in [0.3, 0.4) is 0 Å². The zero-order valence-corrected chi connectivity index (χ0v) is 12.2. The summed E-state index contributed by atoms with van der Waals surface area (Å²) in [5.41, 5.74) is 8.73. The highest BCUT2D eigenvalue weighted by Gasteiger charge is 2.34. The summed E-state index contributed by atoms with van der Waals surface area (Å²) in [6.07, 6.45) is 0.725. The molecule has 21 heavy (non-hydrogen) atoms. The Morgan fingerprint density at radius 3 is 2.48 bits per heavy atom. The molecule has 0 aromatic heterocycles. The quantitative estimate of drug-likeness (QED) is 0.459. The highest BCUT2D eigenvalue weighted by Crippen LogP contribution is 2.27. The van der Waals surface area contributed by atoms with Gasteiger partial charge in [-0.3, -0.25) is 4.99 Å². The molecule has 5 N–H and O–H groups in total. The number of rotatable bonds is 0. The molecule has 0 amide bonds. The minimum Gasteiger partial charge on any atom is -0.370 e. The summed E-state index contributed by atoms with van der Waals surface area (Å²) in [5, 5.41) is 2.70. The number of halogens is 4. The van der Waals surface area contributed by atoms with Crippen LogP contribution >= 0.6 is 11.6 Å². The fourth-order valence-electron chi connectivity index (χ4n) is 1.33. The van der Waals surface area contributed by atoms with E-state index in [9.17, 15) is 13.2 Å². The maximum atomic E-state index is 12.0. The molecule has 2 aliphatic rings. The van der Waals surface area contributed by atoms with Gasteiger partial charge in [0.15, 0.2) is 11.6 Å². The average molecular weight is 325 g/mol. The van der Waals surface area contributed by atoms with E-state index >= 15 is 0 Å². The van der Waals surface area contributed by atoms with E-state index in [-0.39, 0.29) is 0 Å². The highest BCUT2D eigenvalue weighted by molar-refractivity contribution is 6.20. The van der Waals surface area contributed by atoms with Gasteiger partial charge in [0, 0.05) is 25.7 Å². The van der Waals surface area contributed by atoms with Crippen molar-refractivity contribution >= 4 is 23.8 Å². The molecule has 2 aliphatic heterocycles. The third-order valence-corrected chi connectivity index (χ3v) is 2.78. The predicted molar refractivity (Wildman–Crippen MR) is 76.5 cm³/mol. The lowest BCUT2D eigenvalue weighted by atomic mass is 10.2. The molecule has 0 radical (unpaired) electrons. The van der Waals surface area contributed by atoms with E-state index in [4.69, 9.17) is 23.1 Å². The Morgan fingerprint density at radius 1 is 1.48 bits per heavy atom. The third-order valence-electron chi connectivity index (χ3n) is 2.36. The molecule has 0 bridgehead atoms. The van der Waals surface area contributed by atoms with E-state index in [0.717, 1.165) is 12.4 Å². The molecule has 0 spiro atoms. The Kier molecular flexibility index (Phi) is 5.24. The number of nitrogens with two attached hydrogens (primary N) is 2. The molecule has 0 fully saturated rings. The molecule has 6 nitrogen and oxygen atoms in total. The van der Waals surface area contributed by atoms with Crippen molar-refractivity contribution < 1.29 is 13.2 Å². The van der Waals surface area contributed by atoms with E-state index in [2.05, 4.69) is 15.3 Å². The number of nitrogens with zero attached hydrogens (tertiary/aromatic N) is 3. The third kappa shape index (κ3) is 5.64. The maximum Gasteiger partial charge on any atom is 0.419 e. The first-order valence-electron chi connectivity index (χ1n) is 5.78. The summed E-state index contributed by atoms with van der Waals surface area (Å²) in [6.45, 7) is 1.78. The molecule has 0 aromatic rings. The maximum absolute atomic E-state index is 12.0. The highest BCUT2D eigenvalue weighted by atomic mass is 35.5. The summed E-state index contributed by atoms with van der Waals surface area (Å²) in [4.78, 5) is 8.51. The number of alkyl halides is 4. The van der Waals surface area contributed by atoms with Gasteiger partial charge in [-0.15, -0.1) is 0 Å². The van der Waals surface area contributed by atoms with Crippen molar-refractivity contribution in [1.82, 2.24) is 10.2 Å². The second-order valence-electron chi connectivity index (χ2n) is 4.54. The molecule has 2 heterocycles. The largest absolute Gasteiger partial charge is 0.419 e. The fourth-order valence-corrected chi connectivity index (χ4v) is 1.45. The van der Waals surface area contributed by atoms with Gasteiger partial charge in [0.05, 0.1) is 5.57 Å². The normalized spacial score (nSPS) is 28.1. The van der Waals surface area contributed by atoms with Crippen molar-refractivity contribution in [2.24, 2.45) is 21.5 Å². The SMILES string of the molecule is CC1(N)C=CNC(N)=N1.CN1C=C(C(F)(F)F)C=NC1Cl. The molecular formula is C11H16ClF3N6. The smallest absolute Gasteiger partial charge is 0.370 e. The van der Waals surface area contributed by atoms with Crippen LogP contribution in [0.25, 0.3) is 0 Å². The summed E-state index contributed by atoms with van der Waals surface area (Å²) >= 11 is 5.50. The van der Waals surface area contributed by atoms with E-state index in [0.29, 0.717) is 5.96 Å². The predicted octanol–water partition coefficient (Wildman–Crippen LogP) is 1.06. The van der Waals surface area contributed by atoms with Crippen molar-refractivity contribution in [1.29, 1.82) is 0 Å². The molecule has 118 valence electrons. The molecule has 0 saturated carbocycles. The minimum absolute atomic E-state index is 0.363. The van der Waals surface area contributed by atoms with Gasteiger partial charge in [-0.05, 0) is 13.0 Å². The van der Waals surface area contributed by atoms with Crippen molar-refractivity contribution in [3.8, 4) is 0 Å². The van der Waals surface area contributed by atoms with Crippen LogP contribution in [0.2, 0.25) is 0 Å². The summed E-state index contributed by atoms with van der Waals surface area (Å²) in [5.74, 6) is 0.363. The van der Waals surface area contributed by atoms with Crippen LogP contribution in [0.5, 0.6) is 0 Å². The van der Waals surface area contributed by atoms with Gasteiger partial charge >= 0.3 is 6.18 Å². The van der Waals surface area contributed by atoms with Gasteiger partial charge < -0.3 is 21.7 Å². The van der Waals surface area contributed by atoms with Crippen LogP contribution < -0.4 is 16.8 Å². The van der Waals surface area contributed by atoms with Crippen LogP contribution in [0, 0.1) is 0 Å². The lowest BCUT2D eigenvalue weighted by Gasteiger charge is -2.23. The first-order valence-corrected chi connectivity index (χ1v) is 6.21. The molecule has 0 aromatic carbocycles. The second kappa shape index (κ2) is 6.35. The van der Waals surface area contributed by atoms with Crippen LogP contribution in [0.1, 0.15) is 6.92 Å². The summed E-state index contributed by atoms with van der Waals surface area (Å²) < 4.78 is 36.0. The minimum atomic E-state index is -4.35. The Morgan fingerprint density at radius 2 is 2.10 bits per heavy atom. The van der Waals surface area contributed by atoms with Gasteiger partial charge in [0.2, 0.25) is 0 Å². The lowest BCUT2D eigenvalue weighted by molar-refractivity contribution is -0.0869. The topological polar surface area (TPSA) is 92.0 Å². The zero-order chi connectivity index (χ0) is 16.3. The van der Waals surface area contributed by atoms with Gasteiger partial charge in [-0.2, -0.15) is 13.2 Å². The second-order valence-corrected chi connectivity index (χ2v) is 4.93. The van der Waals surface area contributed by atoms with Crippen molar-refractivity contribution in [2.45, 2.75) is 24.4 Å². The van der Waals surface area contributed by atoms with Crippen LogP contribution in [-0.4, -0.2) is 41.6 Å². The van der Waals surface area contributed by atoms with Crippen molar-refractivity contribution in [2.75, 3.05) is 7.05 Å². The number of guanidine groups is 1. The molecule has 2 rings (SSSR count). The average Bonchev–Trinajstić information content (AvgIpc) is 2.30. The van der Waals surface area contributed by atoms with E-state index in [1.54, 1.807) is 19.2 Å². The molecule has 10 heteroatoms. The Labute approximate surface area is 125 Å². The number of hydrogen-bond donors (Lipinski definition) is 3. The first kappa shape index (κ1) is 17.3. The fraction of sp³-hybridized carbons (Fsp3) is 0.455. The van der Waals surface area contributed by atoms with Crippen LogP contribution in [0.15, 0.2) is 34.0 Å². The number of allylic oxidation sites excluding steroid dienone is 1. The Hall–Kier alpha value is -1.74. The molecule has 2 atom stereocenters. The van der Waals surface area contributed by atoms with Gasteiger partial charge in [0.1, 0.15) is 5.66 Å². The van der Waals surface area contributed by atoms with Crippen molar-refractivity contribution in [3.63, 3.8) is 0 Å². The van der Waals surface area contributed by atoms with Gasteiger partial charge in [-0.1, -0.05) is 11.6 Å². The van der Waals surface area contributed by atoms with Crippen LogP contribution in [-0.2, 0) is 0 Å². The zero-order valence-electron chi connectivity index (χ0n) is 11.4. The molecule has 2 unspecified atom stereocenters. The van der Waals surface area contributed by atoms with Crippen molar-refractivity contribution in [3.05, 3.63) is 24.0 Å². The van der Waals surface area contributed by atoms with E-state index in [1.807, 2.05) is 0 Å². The monoisotopic (exact) mass is 324 g/mol. The summed E-state index contributed by atoms with van der Waals surface area (Å²) in [7, 11) is 1.43. The molecular weight excluding hydrogens is 309 g/mol. The van der Waals surface area contributed by atoms with E-state index in [1.165, 1.54) is 11.9 Å². The first-order chi connectivity index (χ1) is 9.51. The Bertz CT molecular complexity index is 495. The number of aliphatic imine (C=N–C) groups is 2. The van der Waals surface area contributed by atoms with Gasteiger partial charge in [-0.25, -0.2) is 4.99 Å². The molecule has 0 saturated heterocycles. The number of nitrogens with one attached hydrogen (secondary N) is 1. The number of hydrogen-bond acceptors (Lipinski definition) is 6. The lowest BCUT2D eigenvalue weighted by Crippen LogP contribution is -2.41.